The van der Waals surface area contributed by atoms with Crippen molar-refractivity contribution in [1.82, 2.24) is 14.8 Å². The average Bonchev–Trinajstić information content (AvgIpc) is 3.39. The van der Waals surface area contributed by atoms with Gasteiger partial charge >= 0.3 is 6.03 Å². The van der Waals surface area contributed by atoms with Crippen LogP contribution in [0.2, 0.25) is 5.02 Å². The molecule has 9 heteroatoms. The molecular formula is C19H17ClN4O4. The Morgan fingerprint density at radius 1 is 1.25 bits per heavy atom. The van der Waals surface area contributed by atoms with Gasteiger partial charge in [-0.2, -0.15) is 5.10 Å². The number of imide groups is 1. The zero-order valence-corrected chi connectivity index (χ0v) is 15.8. The highest BCUT2D eigenvalue weighted by molar-refractivity contribution is 6.30. The lowest BCUT2D eigenvalue weighted by Gasteiger charge is -2.22. The van der Waals surface area contributed by atoms with Crippen molar-refractivity contribution in [3.63, 3.8) is 0 Å². The number of hydrogen-bond acceptors (Lipinski definition) is 5. The molecule has 0 bridgehead atoms. The number of likely N-dealkylation sites (N-methyl/N-ethyl adjacent to an activating group) is 1. The fourth-order valence-electron chi connectivity index (χ4n) is 3.29. The van der Waals surface area contributed by atoms with E-state index in [9.17, 15) is 14.4 Å². The number of benzene rings is 1. The van der Waals surface area contributed by atoms with E-state index in [-0.39, 0.29) is 13.1 Å². The summed E-state index contributed by atoms with van der Waals surface area (Å²) in [6.07, 6.45) is 1.98. The van der Waals surface area contributed by atoms with Crippen LogP contribution in [0.4, 0.5) is 4.79 Å². The van der Waals surface area contributed by atoms with Crippen LogP contribution in [0.25, 0.3) is 0 Å². The second-order valence-corrected chi connectivity index (χ2v) is 7.08. The molecule has 2 aromatic rings. The van der Waals surface area contributed by atoms with Crippen LogP contribution in [0, 0.1) is 0 Å². The highest BCUT2D eigenvalue weighted by atomic mass is 35.5. The maximum atomic E-state index is 12.9. The third-order valence-corrected chi connectivity index (χ3v) is 4.99. The van der Waals surface area contributed by atoms with Crippen LogP contribution in [0.1, 0.15) is 23.8 Å². The maximum absolute atomic E-state index is 12.9. The van der Waals surface area contributed by atoms with Gasteiger partial charge in [-0.1, -0.05) is 23.7 Å². The van der Waals surface area contributed by atoms with Gasteiger partial charge in [0.1, 0.15) is 24.9 Å². The van der Waals surface area contributed by atoms with Gasteiger partial charge in [-0.15, -0.1) is 0 Å². The minimum atomic E-state index is -0.492. The van der Waals surface area contributed by atoms with Crippen molar-refractivity contribution in [2.45, 2.75) is 12.5 Å². The van der Waals surface area contributed by atoms with Gasteiger partial charge in [0.2, 0.25) is 0 Å². The molecule has 0 spiro atoms. The van der Waals surface area contributed by atoms with E-state index in [0.717, 1.165) is 10.5 Å². The number of halogens is 1. The van der Waals surface area contributed by atoms with E-state index in [1.54, 1.807) is 24.3 Å². The van der Waals surface area contributed by atoms with Crippen molar-refractivity contribution in [2.75, 3.05) is 20.1 Å². The molecule has 0 N–H and O–H groups in total. The van der Waals surface area contributed by atoms with Crippen LogP contribution in [0.15, 0.2) is 52.2 Å². The topological polar surface area (TPSA) is 86.4 Å². The molecule has 1 fully saturated rings. The van der Waals surface area contributed by atoms with Crippen LogP contribution < -0.4 is 0 Å². The van der Waals surface area contributed by atoms with E-state index < -0.39 is 23.9 Å². The first-order valence-electron chi connectivity index (χ1n) is 8.68. The summed E-state index contributed by atoms with van der Waals surface area (Å²) in [4.78, 5) is 39.2. The number of hydrogen-bond donors (Lipinski definition) is 0. The van der Waals surface area contributed by atoms with Crippen LogP contribution in [0.3, 0.4) is 0 Å². The van der Waals surface area contributed by atoms with Gasteiger partial charge in [-0.3, -0.25) is 14.5 Å². The Hall–Kier alpha value is -3.13. The molecule has 2 aliphatic rings. The van der Waals surface area contributed by atoms with Gasteiger partial charge in [-0.25, -0.2) is 9.80 Å². The Balaban J connectivity index is 1.61. The molecule has 1 aromatic heterocycles. The maximum Gasteiger partial charge on any atom is 0.327 e. The number of nitrogens with zero attached hydrogens (tertiary/aromatic N) is 4. The number of rotatable bonds is 4. The lowest BCUT2D eigenvalue weighted by Crippen LogP contribution is -2.41. The average molecular weight is 401 g/mol. The van der Waals surface area contributed by atoms with Gasteiger partial charge in [0, 0.05) is 18.5 Å². The number of amides is 4. The highest BCUT2D eigenvalue weighted by Crippen LogP contribution is 2.33. The van der Waals surface area contributed by atoms with Gasteiger partial charge in [-0.05, 0) is 29.8 Å². The third-order valence-electron chi connectivity index (χ3n) is 4.74. The number of hydrazone groups is 1. The molecule has 2 aliphatic heterocycles. The minimum Gasteiger partial charge on any atom is -0.467 e. The Kier molecular flexibility index (Phi) is 4.64. The number of furan rings is 1. The Morgan fingerprint density at radius 3 is 2.61 bits per heavy atom. The van der Waals surface area contributed by atoms with E-state index in [1.807, 2.05) is 12.1 Å². The zero-order chi connectivity index (χ0) is 19.8. The lowest BCUT2D eigenvalue weighted by molar-refractivity contribution is -0.138. The van der Waals surface area contributed by atoms with Gasteiger partial charge in [0.25, 0.3) is 11.8 Å². The molecule has 8 nitrogen and oxygen atoms in total. The van der Waals surface area contributed by atoms with Gasteiger partial charge in [0.05, 0.1) is 12.0 Å². The SMILES string of the molecule is CN1CC(=O)N(CC(=O)N2N=C(c3ccc(Cl)cc3)C[C@H]2c2ccco2)C1=O. The molecule has 0 saturated carbocycles. The van der Waals surface area contributed by atoms with Crippen LogP contribution in [-0.2, 0) is 9.59 Å². The first-order chi connectivity index (χ1) is 13.4. The molecule has 1 aromatic carbocycles. The molecule has 0 unspecified atom stereocenters. The molecule has 0 aliphatic carbocycles. The second-order valence-electron chi connectivity index (χ2n) is 6.65. The predicted octanol–water partition coefficient (Wildman–Crippen LogP) is 2.50. The predicted molar refractivity (Wildman–Crippen MR) is 101 cm³/mol. The summed E-state index contributed by atoms with van der Waals surface area (Å²) >= 11 is 5.95. The van der Waals surface area contributed by atoms with E-state index in [2.05, 4.69) is 5.10 Å². The number of carbonyl (C=O) groups is 3. The molecule has 0 radical (unpaired) electrons. The van der Waals surface area contributed by atoms with Crippen LogP contribution in [0.5, 0.6) is 0 Å². The van der Waals surface area contributed by atoms with E-state index in [0.29, 0.717) is 22.9 Å². The van der Waals surface area contributed by atoms with E-state index in [4.69, 9.17) is 16.0 Å². The molecule has 144 valence electrons. The summed E-state index contributed by atoms with van der Waals surface area (Å²) in [5.41, 5.74) is 1.53. The summed E-state index contributed by atoms with van der Waals surface area (Å²) in [6.45, 7) is -0.399. The molecule has 3 heterocycles. The zero-order valence-electron chi connectivity index (χ0n) is 15.0. The van der Waals surface area contributed by atoms with Gasteiger partial charge in [0.15, 0.2) is 0 Å². The van der Waals surface area contributed by atoms with E-state index in [1.165, 1.54) is 23.2 Å². The Morgan fingerprint density at radius 2 is 2.00 bits per heavy atom. The van der Waals surface area contributed by atoms with Crippen LogP contribution >= 0.6 is 11.6 Å². The smallest absolute Gasteiger partial charge is 0.327 e. The van der Waals surface area contributed by atoms with Crippen molar-refractivity contribution >= 4 is 35.2 Å². The highest BCUT2D eigenvalue weighted by Gasteiger charge is 2.40. The van der Waals surface area contributed by atoms with Crippen molar-refractivity contribution < 1.29 is 18.8 Å². The largest absolute Gasteiger partial charge is 0.467 e. The molecule has 28 heavy (non-hydrogen) atoms. The van der Waals surface area contributed by atoms with Crippen molar-refractivity contribution in [3.05, 3.63) is 59.0 Å². The lowest BCUT2D eigenvalue weighted by atomic mass is 10.0. The summed E-state index contributed by atoms with van der Waals surface area (Å²) in [5, 5.41) is 6.37. The van der Waals surface area contributed by atoms with Crippen molar-refractivity contribution in [1.29, 1.82) is 0 Å². The van der Waals surface area contributed by atoms with Gasteiger partial charge < -0.3 is 9.32 Å². The standard InChI is InChI=1S/C19H17ClN4O4/c1-22-10-17(25)23(19(22)27)11-18(26)24-15(16-3-2-8-28-16)9-14(21-24)12-4-6-13(20)7-5-12/h2-8,15H,9-11H2,1H3/t15-/m0/s1. The molecular weight excluding hydrogens is 384 g/mol. The normalized spacial score (nSPS) is 19.6. The summed E-state index contributed by atoms with van der Waals surface area (Å²) in [6, 6.07) is 9.74. The Bertz CT molecular complexity index is 955. The quantitative estimate of drug-likeness (QED) is 0.738. The molecule has 1 saturated heterocycles. The molecule has 4 rings (SSSR count). The third kappa shape index (κ3) is 3.27. The summed E-state index contributed by atoms with van der Waals surface area (Å²) in [7, 11) is 1.52. The monoisotopic (exact) mass is 400 g/mol. The first-order valence-corrected chi connectivity index (χ1v) is 9.06. The Labute approximate surface area is 165 Å². The molecule has 4 amide bonds. The molecule has 1 atom stereocenters. The first kappa shape index (κ1) is 18.2. The summed E-state index contributed by atoms with van der Waals surface area (Å²) in [5.74, 6) is -0.281. The fourth-order valence-corrected chi connectivity index (χ4v) is 3.42. The van der Waals surface area contributed by atoms with E-state index >= 15 is 0 Å². The van der Waals surface area contributed by atoms with Crippen LogP contribution in [-0.4, -0.2) is 58.5 Å². The second kappa shape index (κ2) is 7.12. The van der Waals surface area contributed by atoms with Crippen molar-refractivity contribution in [3.8, 4) is 0 Å². The summed E-state index contributed by atoms with van der Waals surface area (Å²) < 4.78 is 5.49. The minimum absolute atomic E-state index is 0.0347. The number of carbonyl (C=O) groups excluding carboxylic acids is 3. The fraction of sp³-hybridized carbons (Fsp3) is 0.263. The number of urea groups is 1. The van der Waals surface area contributed by atoms with Crippen molar-refractivity contribution in [2.24, 2.45) is 5.10 Å².